The molecule has 0 aliphatic heterocycles. The van der Waals surface area contributed by atoms with E-state index in [1.54, 1.807) is 6.07 Å². The van der Waals surface area contributed by atoms with Crippen LogP contribution in [0, 0.1) is 0 Å². The van der Waals surface area contributed by atoms with Crippen molar-refractivity contribution in [1.29, 1.82) is 0 Å². The second-order valence-electron chi connectivity index (χ2n) is 17.1. The standard InChI is InChI=1S/C46H60O3P/c1-13-43(5,6)34-22-20-30-26-37(39(28-32(30)24-34)45(9,10)15-3)36-18-17-19-41(50(47,48)49)42(36)38-27-31-21-23-35(44(7,8)14-2)25-33(31)29-40(38)46(11,12)16-4/h17-29,47-49H,13-16H2,1-12H3/q+1. The molecule has 0 amide bonds. The zero-order valence-electron chi connectivity index (χ0n) is 32.6. The van der Waals surface area contributed by atoms with E-state index in [-0.39, 0.29) is 27.0 Å². The van der Waals surface area contributed by atoms with E-state index in [1.165, 1.54) is 27.5 Å². The molecule has 3 N–H and O–H groups in total. The summed E-state index contributed by atoms with van der Waals surface area (Å²) in [6.07, 6.45) is 3.91. The van der Waals surface area contributed by atoms with Crippen molar-refractivity contribution in [2.24, 2.45) is 0 Å². The second-order valence-corrected chi connectivity index (χ2v) is 18.8. The van der Waals surface area contributed by atoms with E-state index >= 15 is 0 Å². The normalized spacial score (nSPS) is 13.4. The van der Waals surface area contributed by atoms with Gasteiger partial charge in [-0.25, -0.2) is 0 Å². The summed E-state index contributed by atoms with van der Waals surface area (Å²) in [7, 11) is -4.43. The van der Waals surface area contributed by atoms with Gasteiger partial charge in [0, 0.05) is 5.56 Å². The highest BCUT2D eigenvalue weighted by Gasteiger charge is 2.40. The van der Waals surface area contributed by atoms with Gasteiger partial charge in [0.15, 0.2) is 5.30 Å². The molecule has 0 bridgehead atoms. The quantitative estimate of drug-likeness (QED) is 0.121. The van der Waals surface area contributed by atoms with Crippen LogP contribution in [0.4, 0.5) is 0 Å². The van der Waals surface area contributed by atoms with Gasteiger partial charge in [-0.05, 0) is 138 Å². The van der Waals surface area contributed by atoms with Gasteiger partial charge in [0.2, 0.25) is 0 Å². The number of hydrogen-bond donors (Lipinski definition) is 3. The van der Waals surface area contributed by atoms with Crippen LogP contribution in [0.5, 0.6) is 0 Å². The van der Waals surface area contributed by atoms with E-state index in [1.807, 2.05) is 6.07 Å². The lowest BCUT2D eigenvalue weighted by atomic mass is 9.73. The molecule has 0 aliphatic carbocycles. The van der Waals surface area contributed by atoms with E-state index in [0.717, 1.165) is 58.7 Å². The van der Waals surface area contributed by atoms with Gasteiger partial charge in [-0.1, -0.05) is 132 Å². The van der Waals surface area contributed by atoms with Gasteiger partial charge >= 0.3 is 7.94 Å². The average molecular weight is 692 g/mol. The Balaban J connectivity index is 1.93. The summed E-state index contributed by atoms with van der Waals surface area (Å²) in [5, 5.41) is 4.79. The summed E-state index contributed by atoms with van der Waals surface area (Å²) < 4.78 is 0. The van der Waals surface area contributed by atoms with Crippen LogP contribution in [-0.4, -0.2) is 14.7 Å². The molecular formula is C46H60O3P+. The Kier molecular flexibility index (Phi) is 10.3. The third kappa shape index (κ3) is 7.05. The Hall–Kier alpha value is -3.07. The molecule has 0 heterocycles. The van der Waals surface area contributed by atoms with E-state index in [0.29, 0.717) is 5.56 Å². The maximum atomic E-state index is 11.1. The molecular weight excluding hydrogens is 631 g/mol. The molecule has 0 radical (unpaired) electrons. The van der Waals surface area contributed by atoms with Crippen molar-refractivity contribution in [2.45, 2.75) is 130 Å². The highest BCUT2D eigenvalue weighted by atomic mass is 31.2. The minimum absolute atomic E-state index is 0.0490. The van der Waals surface area contributed by atoms with Crippen molar-refractivity contribution in [2.75, 3.05) is 0 Å². The molecule has 0 unspecified atom stereocenters. The monoisotopic (exact) mass is 691 g/mol. The fourth-order valence-corrected chi connectivity index (χ4v) is 7.90. The van der Waals surface area contributed by atoms with Crippen LogP contribution in [0.3, 0.4) is 0 Å². The lowest BCUT2D eigenvalue weighted by Crippen LogP contribution is -2.21. The highest BCUT2D eigenvalue weighted by molar-refractivity contribution is 7.67. The molecule has 0 spiro atoms. The third-order valence-corrected chi connectivity index (χ3v) is 13.5. The Bertz CT molecular complexity index is 2040. The molecule has 4 heteroatoms. The zero-order valence-corrected chi connectivity index (χ0v) is 33.5. The van der Waals surface area contributed by atoms with Crippen LogP contribution in [0.15, 0.2) is 78.9 Å². The summed E-state index contributed by atoms with van der Waals surface area (Å²) >= 11 is 0. The van der Waals surface area contributed by atoms with Gasteiger partial charge in [0.1, 0.15) is 0 Å². The van der Waals surface area contributed by atoms with Crippen molar-refractivity contribution in [3.63, 3.8) is 0 Å². The first-order valence-corrected chi connectivity index (χ1v) is 20.2. The maximum absolute atomic E-state index is 11.1. The summed E-state index contributed by atoms with van der Waals surface area (Å²) in [4.78, 5) is 33.4. The van der Waals surface area contributed by atoms with E-state index in [9.17, 15) is 14.7 Å². The van der Waals surface area contributed by atoms with Gasteiger partial charge in [0.25, 0.3) is 0 Å². The molecule has 0 atom stereocenters. The molecule has 0 fully saturated rings. The van der Waals surface area contributed by atoms with E-state index in [2.05, 4.69) is 150 Å². The van der Waals surface area contributed by atoms with Gasteiger partial charge in [0.05, 0.1) is 0 Å². The first-order chi connectivity index (χ1) is 23.2. The Morgan fingerprint density at radius 3 is 1.28 bits per heavy atom. The predicted molar refractivity (Wildman–Crippen MR) is 219 cm³/mol. The summed E-state index contributed by atoms with van der Waals surface area (Å²) in [5.74, 6) is 0. The van der Waals surface area contributed by atoms with Gasteiger partial charge in [-0.2, -0.15) is 14.7 Å². The first kappa shape index (κ1) is 38.2. The molecule has 5 aromatic carbocycles. The predicted octanol–water partition coefficient (Wildman–Crippen LogP) is 12.4. The maximum Gasteiger partial charge on any atom is 0.441 e. The Morgan fingerprint density at radius 1 is 0.440 bits per heavy atom. The van der Waals surface area contributed by atoms with Gasteiger partial charge in [-0.15, -0.1) is 0 Å². The largest absolute Gasteiger partial charge is 0.441 e. The van der Waals surface area contributed by atoms with Gasteiger partial charge in [-0.3, -0.25) is 0 Å². The molecule has 3 nitrogen and oxygen atoms in total. The fourth-order valence-electron chi connectivity index (χ4n) is 7.07. The van der Waals surface area contributed by atoms with E-state index in [4.69, 9.17) is 0 Å². The third-order valence-electron chi connectivity index (χ3n) is 12.4. The second kappa shape index (κ2) is 13.5. The highest BCUT2D eigenvalue weighted by Crippen LogP contribution is 2.52. The molecule has 5 rings (SSSR count). The minimum atomic E-state index is -4.43. The Labute approximate surface area is 302 Å². The average Bonchev–Trinajstić information content (AvgIpc) is 3.09. The molecule has 0 saturated heterocycles. The van der Waals surface area contributed by atoms with Crippen LogP contribution >= 0.6 is 7.94 Å². The number of fused-ring (bicyclic) bond motifs is 2. The minimum Gasteiger partial charge on any atom is -0.189 e. The molecule has 50 heavy (non-hydrogen) atoms. The summed E-state index contributed by atoms with van der Waals surface area (Å²) in [6.45, 7) is 27.2. The van der Waals surface area contributed by atoms with Crippen LogP contribution < -0.4 is 5.30 Å². The first-order valence-electron chi connectivity index (χ1n) is 18.6. The fraction of sp³-hybridized carbons (Fsp3) is 0.435. The lowest BCUT2D eigenvalue weighted by molar-refractivity contribution is 0.347. The summed E-state index contributed by atoms with van der Waals surface area (Å²) in [5.41, 5.74) is 8.26. The number of rotatable bonds is 11. The van der Waals surface area contributed by atoms with Crippen molar-refractivity contribution >= 4 is 34.8 Å². The SMILES string of the molecule is CCC(C)(C)c1ccc2cc(-c3cccc([P+](O)(O)O)c3-c3cc4ccc(C(C)(C)CC)cc4cc3C(C)(C)CC)c(C(C)(C)CC)cc2c1. The Morgan fingerprint density at radius 2 is 0.860 bits per heavy atom. The van der Waals surface area contributed by atoms with Crippen molar-refractivity contribution in [3.05, 3.63) is 101 Å². The smallest absolute Gasteiger partial charge is 0.189 e. The molecule has 266 valence electrons. The number of benzene rings is 5. The topological polar surface area (TPSA) is 60.7 Å². The molecule has 0 saturated carbocycles. The van der Waals surface area contributed by atoms with Crippen molar-refractivity contribution < 1.29 is 14.7 Å². The lowest BCUT2D eigenvalue weighted by Gasteiger charge is -2.31. The zero-order chi connectivity index (χ0) is 37.0. The van der Waals surface area contributed by atoms with Crippen LogP contribution in [-0.2, 0) is 21.7 Å². The molecule has 0 aromatic heterocycles. The number of hydrogen-bond acceptors (Lipinski definition) is 3. The van der Waals surface area contributed by atoms with E-state index < -0.39 is 7.94 Å². The van der Waals surface area contributed by atoms with Crippen LogP contribution in [0.25, 0.3) is 43.8 Å². The van der Waals surface area contributed by atoms with Crippen LogP contribution in [0.2, 0.25) is 0 Å². The van der Waals surface area contributed by atoms with Gasteiger partial charge < -0.3 is 0 Å². The summed E-state index contributed by atoms with van der Waals surface area (Å²) in [6, 6.07) is 28.4. The van der Waals surface area contributed by atoms with Crippen molar-refractivity contribution in [1.82, 2.24) is 0 Å². The van der Waals surface area contributed by atoms with Crippen LogP contribution in [0.1, 0.15) is 131 Å². The molecule has 5 aromatic rings. The molecule has 0 aliphatic rings. The van der Waals surface area contributed by atoms with Crippen molar-refractivity contribution in [3.8, 4) is 22.3 Å².